The van der Waals surface area contributed by atoms with Crippen molar-refractivity contribution in [2.24, 2.45) is 0 Å². The molecule has 180 valence electrons. The molecule has 1 unspecified atom stereocenters. The van der Waals surface area contributed by atoms with Crippen molar-refractivity contribution in [3.8, 4) is 11.8 Å². The van der Waals surface area contributed by atoms with E-state index in [0.717, 1.165) is 16.6 Å². The van der Waals surface area contributed by atoms with Gasteiger partial charge in [-0.3, -0.25) is 9.78 Å². The molecule has 1 saturated heterocycles. The van der Waals surface area contributed by atoms with Gasteiger partial charge in [0.05, 0.1) is 35.7 Å². The Hall–Kier alpha value is -3.45. The van der Waals surface area contributed by atoms with Crippen molar-refractivity contribution >= 4 is 49.8 Å². The number of hydrogen-bond acceptors (Lipinski definition) is 7. The third-order valence-corrected chi connectivity index (χ3v) is 5.86. The van der Waals surface area contributed by atoms with E-state index in [1.807, 2.05) is 43.3 Å². The van der Waals surface area contributed by atoms with Crippen LogP contribution in [0.1, 0.15) is 12.0 Å². The summed E-state index contributed by atoms with van der Waals surface area (Å²) < 4.78 is 12.5. The van der Waals surface area contributed by atoms with Gasteiger partial charge in [0, 0.05) is 46.9 Å². The molecule has 1 aliphatic heterocycles. The second-order valence-electron chi connectivity index (χ2n) is 8.42. The van der Waals surface area contributed by atoms with Gasteiger partial charge >= 0.3 is 0 Å². The minimum Gasteiger partial charge on any atom is -0.486 e. The molecule has 2 N–H and O–H groups in total. The SMILES string of the molecule is CN(C)CC=CC(=O)Nc1cc2c(Nc3cccc(Br)c3)c(C#N)cnc2cc1OC1CCOC1. The van der Waals surface area contributed by atoms with Crippen LogP contribution in [-0.2, 0) is 9.53 Å². The van der Waals surface area contributed by atoms with Crippen molar-refractivity contribution in [3.63, 3.8) is 0 Å². The van der Waals surface area contributed by atoms with Crippen LogP contribution in [0.5, 0.6) is 5.75 Å². The molecule has 4 rings (SSSR count). The summed E-state index contributed by atoms with van der Waals surface area (Å²) >= 11 is 3.48. The quantitative estimate of drug-likeness (QED) is 0.398. The molecule has 1 atom stereocenters. The number of amides is 1. The number of ether oxygens (including phenoxy) is 2. The molecule has 1 fully saturated rings. The summed E-state index contributed by atoms with van der Waals surface area (Å²) in [5.74, 6) is 0.234. The number of aromatic nitrogens is 1. The van der Waals surface area contributed by atoms with Gasteiger partial charge in [-0.15, -0.1) is 0 Å². The van der Waals surface area contributed by atoms with E-state index in [-0.39, 0.29) is 12.0 Å². The molecule has 0 aliphatic carbocycles. The number of likely N-dealkylation sites (N-methyl/N-ethyl adjacent to an activating group) is 1. The van der Waals surface area contributed by atoms with Crippen LogP contribution >= 0.6 is 15.9 Å². The van der Waals surface area contributed by atoms with E-state index in [0.29, 0.717) is 53.3 Å². The maximum atomic E-state index is 12.7. The molecule has 8 nitrogen and oxygen atoms in total. The van der Waals surface area contributed by atoms with E-state index in [2.05, 4.69) is 37.6 Å². The topological polar surface area (TPSA) is 99.5 Å². The molecule has 2 aromatic carbocycles. The molecule has 1 aromatic heterocycles. The zero-order chi connectivity index (χ0) is 24.8. The minimum atomic E-state index is -0.274. The third-order valence-electron chi connectivity index (χ3n) is 5.36. The Balaban J connectivity index is 1.76. The Bertz CT molecular complexity index is 1300. The number of hydrogen-bond donors (Lipinski definition) is 2. The van der Waals surface area contributed by atoms with Gasteiger partial charge in [0.1, 0.15) is 17.9 Å². The number of rotatable bonds is 8. The van der Waals surface area contributed by atoms with Crippen LogP contribution in [0.4, 0.5) is 17.1 Å². The molecule has 1 amide bonds. The first-order valence-corrected chi connectivity index (χ1v) is 12.0. The van der Waals surface area contributed by atoms with Gasteiger partial charge in [-0.1, -0.05) is 28.1 Å². The average Bonchev–Trinajstić information content (AvgIpc) is 3.33. The molecule has 0 saturated carbocycles. The van der Waals surface area contributed by atoms with E-state index in [1.165, 1.54) is 12.3 Å². The van der Waals surface area contributed by atoms with Crippen LogP contribution in [0.15, 0.2) is 59.2 Å². The standard InChI is InChI=1S/C26H26BrN5O3/c1-32(2)9-4-7-25(33)31-23-12-21-22(13-24(23)35-20-8-10-34-16-20)29-15-17(14-28)26(21)30-19-6-3-5-18(27)11-19/h3-7,11-13,15,20H,8-10,16H2,1-2H3,(H,29,30)(H,31,33). The second kappa shape index (κ2) is 11.3. The highest BCUT2D eigenvalue weighted by atomic mass is 79.9. The first-order chi connectivity index (χ1) is 16.9. The fourth-order valence-corrected chi connectivity index (χ4v) is 4.07. The van der Waals surface area contributed by atoms with E-state index in [1.54, 1.807) is 18.2 Å². The Kier molecular flexibility index (Phi) is 7.98. The summed E-state index contributed by atoms with van der Waals surface area (Å²) in [6.45, 7) is 1.77. The maximum Gasteiger partial charge on any atom is 0.248 e. The van der Waals surface area contributed by atoms with Crippen molar-refractivity contribution in [2.45, 2.75) is 12.5 Å². The maximum absolute atomic E-state index is 12.7. The predicted octanol–water partition coefficient (Wildman–Crippen LogP) is 4.84. The van der Waals surface area contributed by atoms with Gasteiger partial charge in [0.15, 0.2) is 0 Å². The van der Waals surface area contributed by atoms with Crippen LogP contribution in [0, 0.1) is 11.3 Å². The minimum absolute atomic E-state index is 0.106. The number of nitriles is 1. The van der Waals surface area contributed by atoms with Crippen molar-refractivity contribution in [1.82, 2.24) is 9.88 Å². The lowest BCUT2D eigenvalue weighted by molar-refractivity contribution is -0.111. The lowest BCUT2D eigenvalue weighted by Gasteiger charge is -2.18. The smallest absolute Gasteiger partial charge is 0.248 e. The molecule has 9 heteroatoms. The number of nitrogens with one attached hydrogen (secondary N) is 2. The molecule has 0 spiro atoms. The normalized spacial score (nSPS) is 15.5. The third kappa shape index (κ3) is 6.36. The fourth-order valence-electron chi connectivity index (χ4n) is 3.68. The molecular formula is C26H26BrN5O3. The van der Waals surface area contributed by atoms with Crippen molar-refractivity contribution < 1.29 is 14.3 Å². The van der Waals surface area contributed by atoms with Gasteiger partial charge < -0.3 is 25.0 Å². The van der Waals surface area contributed by atoms with Gasteiger partial charge in [-0.05, 0) is 38.4 Å². The largest absolute Gasteiger partial charge is 0.486 e. The van der Waals surface area contributed by atoms with Crippen LogP contribution < -0.4 is 15.4 Å². The summed E-state index contributed by atoms with van der Waals surface area (Å²) in [7, 11) is 3.86. The fraction of sp³-hybridized carbons (Fsp3) is 0.269. The summed E-state index contributed by atoms with van der Waals surface area (Å²) in [6.07, 6.45) is 5.48. The Morgan fingerprint density at radius 3 is 2.94 bits per heavy atom. The van der Waals surface area contributed by atoms with E-state index in [9.17, 15) is 10.1 Å². The Morgan fingerprint density at radius 1 is 1.37 bits per heavy atom. The Morgan fingerprint density at radius 2 is 2.23 bits per heavy atom. The number of halogens is 1. The van der Waals surface area contributed by atoms with Gasteiger partial charge in [0.25, 0.3) is 0 Å². The molecule has 2 heterocycles. The summed E-state index contributed by atoms with van der Waals surface area (Å²) in [5, 5.41) is 16.7. The summed E-state index contributed by atoms with van der Waals surface area (Å²) in [5.41, 5.74) is 2.93. The highest BCUT2D eigenvalue weighted by Gasteiger charge is 2.21. The molecule has 0 radical (unpaired) electrons. The van der Waals surface area contributed by atoms with E-state index < -0.39 is 0 Å². The van der Waals surface area contributed by atoms with E-state index in [4.69, 9.17) is 9.47 Å². The van der Waals surface area contributed by atoms with Crippen molar-refractivity contribution in [1.29, 1.82) is 5.26 Å². The molecule has 1 aliphatic rings. The first kappa shape index (κ1) is 24.7. The highest BCUT2D eigenvalue weighted by molar-refractivity contribution is 9.10. The number of carbonyl (C=O) groups is 1. The van der Waals surface area contributed by atoms with Crippen LogP contribution in [-0.4, -0.2) is 55.7 Å². The molecule has 3 aromatic rings. The predicted molar refractivity (Wildman–Crippen MR) is 140 cm³/mol. The second-order valence-corrected chi connectivity index (χ2v) is 9.33. The van der Waals surface area contributed by atoms with Crippen molar-refractivity contribution in [3.05, 3.63) is 64.8 Å². The Labute approximate surface area is 212 Å². The monoisotopic (exact) mass is 535 g/mol. The van der Waals surface area contributed by atoms with Crippen molar-refractivity contribution in [2.75, 3.05) is 44.5 Å². The summed E-state index contributed by atoms with van der Waals surface area (Å²) in [4.78, 5) is 19.1. The van der Waals surface area contributed by atoms with Gasteiger partial charge in [-0.2, -0.15) is 5.26 Å². The van der Waals surface area contributed by atoms with Gasteiger partial charge in [0.2, 0.25) is 5.91 Å². The van der Waals surface area contributed by atoms with E-state index >= 15 is 0 Å². The summed E-state index contributed by atoms with van der Waals surface area (Å²) in [6, 6.07) is 13.5. The number of nitrogens with zero attached hydrogens (tertiary/aromatic N) is 3. The lowest BCUT2D eigenvalue weighted by atomic mass is 10.1. The molecular weight excluding hydrogens is 510 g/mol. The van der Waals surface area contributed by atoms with Crippen LogP contribution in [0.2, 0.25) is 0 Å². The number of anilines is 3. The van der Waals surface area contributed by atoms with Gasteiger partial charge in [-0.25, -0.2) is 0 Å². The van der Waals surface area contributed by atoms with Crippen LogP contribution in [0.25, 0.3) is 10.9 Å². The number of pyridine rings is 1. The lowest BCUT2D eigenvalue weighted by Crippen LogP contribution is -2.18. The number of benzene rings is 2. The average molecular weight is 536 g/mol. The zero-order valence-electron chi connectivity index (χ0n) is 19.5. The molecule has 0 bridgehead atoms. The zero-order valence-corrected chi connectivity index (χ0v) is 21.1. The first-order valence-electron chi connectivity index (χ1n) is 11.2. The van der Waals surface area contributed by atoms with Crippen LogP contribution in [0.3, 0.4) is 0 Å². The highest BCUT2D eigenvalue weighted by Crippen LogP contribution is 2.37. The number of fused-ring (bicyclic) bond motifs is 1. The molecule has 35 heavy (non-hydrogen) atoms. The number of carbonyl (C=O) groups excluding carboxylic acids is 1.